The van der Waals surface area contributed by atoms with Crippen molar-refractivity contribution in [2.45, 2.75) is 135 Å². The number of unbranched alkanes of at least 4 members (excludes halogenated alkanes) is 7. The average Bonchev–Trinajstić information content (AvgIpc) is 2.73. The number of rotatable bonds is 16. The molecule has 1 aliphatic rings. The van der Waals surface area contributed by atoms with Crippen LogP contribution in [-0.2, 0) is 9.47 Å². The Hall–Kier alpha value is -0.540. The van der Waals surface area contributed by atoms with Crippen LogP contribution in [0, 0.1) is 5.41 Å². The van der Waals surface area contributed by atoms with Gasteiger partial charge >= 0.3 is 0 Å². The zero-order valence-electron chi connectivity index (χ0n) is 21.3. The van der Waals surface area contributed by atoms with E-state index in [2.05, 4.69) is 33.8 Å². The second-order valence-corrected chi connectivity index (χ2v) is 10.7. The van der Waals surface area contributed by atoms with Gasteiger partial charge in [-0.15, -0.1) is 0 Å². The molecule has 5 N–H and O–H groups in total. The minimum Gasteiger partial charge on any atom is -0.394 e. The maximum atomic E-state index is 10.1. The quantitative estimate of drug-likeness (QED) is 0.172. The van der Waals surface area contributed by atoms with Gasteiger partial charge in [-0.2, -0.15) is 0 Å². The lowest BCUT2D eigenvalue weighted by Gasteiger charge is -2.39. The first-order chi connectivity index (χ1) is 15.5. The molecule has 1 heterocycles. The topological polar surface area (TPSA) is 120 Å². The van der Waals surface area contributed by atoms with Gasteiger partial charge in [0.1, 0.15) is 24.4 Å². The zero-order valence-corrected chi connectivity index (χ0v) is 21.3. The molecule has 0 amide bonds. The number of ether oxygens (including phenoxy) is 2. The van der Waals surface area contributed by atoms with Crippen molar-refractivity contribution < 1.29 is 35.0 Å². The summed E-state index contributed by atoms with van der Waals surface area (Å²) >= 11 is 0. The molecule has 1 saturated heterocycles. The van der Waals surface area contributed by atoms with Crippen molar-refractivity contribution in [1.82, 2.24) is 0 Å². The Morgan fingerprint density at radius 2 is 1.45 bits per heavy atom. The molecule has 2 unspecified atom stereocenters. The Morgan fingerprint density at radius 1 is 0.879 bits per heavy atom. The number of aliphatic hydroxyl groups is 5. The highest BCUT2D eigenvalue weighted by Gasteiger charge is 2.43. The van der Waals surface area contributed by atoms with E-state index in [9.17, 15) is 25.5 Å². The Morgan fingerprint density at radius 3 is 2.03 bits per heavy atom. The lowest BCUT2D eigenvalue weighted by molar-refractivity contribution is -0.301. The second kappa shape index (κ2) is 16.2. The van der Waals surface area contributed by atoms with Crippen LogP contribution in [-0.4, -0.2) is 75.6 Å². The van der Waals surface area contributed by atoms with Crippen LogP contribution in [0.15, 0.2) is 11.6 Å². The van der Waals surface area contributed by atoms with Crippen LogP contribution in [0.1, 0.15) is 98.3 Å². The number of allylic oxidation sites excluding steroid dienone is 2. The van der Waals surface area contributed by atoms with E-state index in [0.29, 0.717) is 12.8 Å². The van der Waals surface area contributed by atoms with Gasteiger partial charge in [0.25, 0.3) is 0 Å². The van der Waals surface area contributed by atoms with E-state index < -0.39 is 43.4 Å². The van der Waals surface area contributed by atoms with E-state index in [-0.39, 0.29) is 12.0 Å². The van der Waals surface area contributed by atoms with Gasteiger partial charge in [0, 0.05) is 0 Å². The van der Waals surface area contributed by atoms with Crippen LogP contribution in [0.3, 0.4) is 0 Å². The second-order valence-electron chi connectivity index (χ2n) is 10.7. The normalized spacial score (nSPS) is 27.7. The minimum atomic E-state index is -1.44. The molecule has 33 heavy (non-hydrogen) atoms. The summed E-state index contributed by atoms with van der Waals surface area (Å²) in [6.45, 7) is 8.64. The third kappa shape index (κ3) is 13.2. The van der Waals surface area contributed by atoms with Crippen LogP contribution in [0.25, 0.3) is 0 Å². The van der Waals surface area contributed by atoms with Crippen molar-refractivity contribution in [3.8, 4) is 0 Å². The summed E-state index contributed by atoms with van der Waals surface area (Å²) in [4.78, 5) is 0. The van der Waals surface area contributed by atoms with E-state index in [1.807, 2.05) is 0 Å². The van der Waals surface area contributed by atoms with Gasteiger partial charge in [0.05, 0.1) is 19.3 Å². The van der Waals surface area contributed by atoms with Gasteiger partial charge in [-0.25, -0.2) is 0 Å². The van der Waals surface area contributed by atoms with Gasteiger partial charge in [0.2, 0.25) is 0 Å². The molecule has 1 fully saturated rings. The highest BCUT2D eigenvalue weighted by atomic mass is 16.7. The van der Waals surface area contributed by atoms with Crippen molar-refractivity contribution in [2.75, 3.05) is 13.2 Å². The number of aliphatic hydroxyl groups excluding tert-OH is 5. The fourth-order valence-corrected chi connectivity index (χ4v) is 4.33. The van der Waals surface area contributed by atoms with Crippen molar-refractivity contribution in [3.63, 3.8) is 0 Å². The number of hydrogen-bond donors (Lipinski definition) is 5. The van der Waals surface area contributed by atoms with Crippen LogP contribution < -0.4 is 0 Å². The molecule has 6 atom stereocenters. The van der Waals surface area contributed by atoms with Gasteiger partial charge in [-0.1, -0.05) is 77.4 Å². The highest BCUT2D eigenvalue weighted by molar-refractivity contribution is 5.03. The van der Waals surface area contributed by atoms with E-state index in [4.69, 9.17) is 9.47 Å². The maximum absolute atomic E-state index is 10.1. The van der Waals surface area contributed by atoms with Gasteiger partial charge in [-0.05, 0) is 38.0 Å². The molecule has 0 bridgehead atoms. The first kappa shape index (κ1) is 30.5. The molecule has 7 heteroatoms. The molecule has 0 spiro atoms. The van der Waals surface area contributed by atoms with E-state index in [1.54, 1.807) is 0 Å². The first-order valence-corrected chi connectivity index (χ1v) is 12.8. The summed E-state index contributed by atoms with van der Waals surface area (Å²) in [6, 6.07) is 0. The fraction of sp³-hybridized carbons (Fsp3) is 0.923. The molecule has 0 aromatic carbocycles. The lowest BCUT2D eigenvalue weighted by Crippen LogP contribution is -2.59. The fourth-order valence-electron chi connectivity index (χ4n) is 4.33. The summed E-state index contributed by atoms with van der Waals surface area (Å²) in [5, 5.41) is 48.8. The van der Waals surface area contributed by atoms with E-state index in [1.165, 1.54) is 50.5 Å². The molecule has 196 valence electrons. The molecular formula is C26H50O7. The van der Waals surface area contributed by atoms with Crippen LogP contribution in [0.2, 0.25) is 0 Å². The Bertz CT molecular complexity index is 529. The molecule has 1 rings (SSSR count). The third-order valence-corrected chi connectivity index (χ3v) is 6.12. The van der Waals surface area contributed by atoms with Gasteiger partial charge < -0.3 is 35.0 Å². The predicted molar refractivity (Wildman–Crippen MR) is 130 cm³/mol. The summed E-state index contributed by atoms with van der Waals surface area (Å²) in [6.07, 6.45) is 7.50. The monoisotopic (exact) mass is 474 g/mol. The molecule has 0 radical (unpaired) electrons. The van der Waals surface area contributed by atoms with Crippen LogP contribution in [0.5, 0.6) is 0 Å². The minimum absolute atomic E-state index is 0.161. The highest BCUT2D eigenvalue weighted by Crippen LogP contribution is 2.23. The van der Waals surface area contributed by atoms with Crippen LogP contribution in [0.4, 0.5) is 0 Å². The molecule has 0 saturated carbocycles. The van der Waals surface area contributed by atoms with E-state index in [0.717, 1.165) is 12.8 Å². The summed E-state index contributed by atoms with van der Waals surface area (Å²) in [5.41, 5.74) is 1.77. The Kier molecular flexibility index (Phi) is 15.0. The number of hydrogen-bond acceptors (Lipinski definition) is 7. The zero-order chi connectivity index (χ0) is 24.9. The molecular weight excluding hydrogens is 424 g/mol. The molecule has 7 nitrogen and oxygen atoms in total. The van der Waals surface area contributed by atoms with Gasteiger partial charge in [-0.3, -0.25) is 0 Å². The maximum Gasteiger partial charge on any atom is 0.186 e. The Labute approximate surface area is 200 Å². The third-order valence-electron chi connectivity index (χ3n) is 6.12. The summed E-state index contributed by atoms with van der Waals surface area (Å²) in [5.74, 6) is 0. The van der Waals surface area contributed by atoms with Crippen molar-refractivity contribution >= 4 is 0 Å². The lowest BCUT2D eigenvalue weighted by atomic mass is 9.92. The largest absolute Gasteiger partial charge is 0.394 e. The van der Waals surface area contributed by atoms with E-state index >= 15 is 0 Å². The molecule has 0 aromatic heterocycles. The van der Waals surface area contributed by atoms with Gasteiger partial charge in [0.15, 0.2) is 6.29 Å². The van der Waals surface area contributed by atoms with Crippen LogP contribution >= 0.6 is 0 Å². The standard InChI is InChI=1S/C26H50O7/c1-19(17-26(2,3)4)13-11-9-7-5-6-8-10-12-14-20(28)15-16-32-25-24(31)23(30)22(29)21(18-27)33-25/h17,20-25,27-31H,5-16,18H2,1-4H3/b19-17+/t20-,21?,22-,23+,24?,25-/m1/s1. The average molecular weight is 475 g/mol. The van der Waals surface area contributed by atoms with Crippen molar-refractivity contribution in [2.24, 2.45) is 5.41 Å². The van der Waals surface area contributed by atoms with Crippen molar-refractivity contribution in [3.05, 3.63) is 11.6 Å². The Balaban J connectivity index is 2.00. The summed E-state index contributed by atoms with van der Waals surface area (Å²) < 4.78 is 10.7. The first-order valence-electron chi connectivity index (χ1n) is 12.8. The SMILES string of the molecule is C/C(=C\C(C)(C)C)CCCCCCCCCC[C@@H](O)CCO[C@@H]1OC(CO)[C@@H](O)[C@H](O)C1O. The molecule has 1 aliphatic heterocycles. The summed E-state index contributed by atoms with van der Waals surface area (Å²) in [7, 11) is 0. The smallest absolute Gasteiger partial charge is 0.186 e. The van der Waals surface area contributed by atoms with Crippen molar-refractivity contribution in [1.29, 1.82) is 0 Å². The molecule has 0 aliphatic carbocycles. The molecule has 0 aromatic rings. The predicted octanol–water partition coefficient (Wildman–Crippen LogP) is 3.45.